The summed E-state index contributed by atoms with van der Waals surface area (Å²) in [5, 5.41) is 31.3. The van der Waals surface area contributed by atoms with Crippen LogP contribution in [0.25, 0.3) is 0 Å². The molecule has 0 aromatic heterocycles. The predicted molar refractivity (Wildman–Crippen MR) is 76.2 cm³/mol. The van der Waals surface area contributed by atoms with Gasteiger partial charge in [0.05, 0.1) is 6.61 Å². The smallest absolute Gasteiger partial charge is 0.367 e. The van der Waals surface area contributed by atoms with Crippen LogP contribution in [0.2, 0.25) is 0 Å². The zero-order chi connectivity index (χ0) is 18.8. The van der Waals surface area contributed by atoms with Gasteiger partial charge in [0.2, 0.25) is 0 Å². The van der Waals surface area contributed by atoms with Crippen molar-refractivity contribution >= 4 is 23.9 Å². The van der Waals surface area contributed by atoms with E-state index in [0.29, 0.717) is 12.2 Å². The van der Waals surface area contributed by atoms with Crippen LogP contribution in [0.4, 0.5) is 0 Å². The molecular formula is C13H18O10. The third-order valence-electron chi connectivity index (χ3n) is 1.30. The molecule has 0 aliphatic heterocycles. The minimum atomic E-state index is -1.26. The summed E-state index contributed by atoms with van der Waals surface area (Å²) >= 11 is 0. The van der Waals surface area contributed by atoms with E-state index >= 15 is 0 Å². The van der Waals surface area contributed by atoms with Crippen LogP contribution < -0.4 is 0 Å². The van der Waals surface area contributed by atoms with E-state index < -0.39 is 23.9 Å². The van der Waals surface area contributed by atoms with Crippen molar-refractivity contribution in [3.05, 3.63) is 37.0 Å². The minimum Gasteiger partial charge on any atom is -0.478 e. The largest absolute Gasteiger partial charge is 0.478 e. The van der Waals surface area contributed by atoms with Crippen molar-refractivity contribution in [1.82, 2.24) is 0 Å². The standard InChI is InChI=1S/C5H8O3.C4H4O4.C4H6O3/c1-2-5(7)8-4-3-6;5-3(6)1-2-4(7)8;1-3(2)4(5)7-6/h2,6H,1,3-4H2;1-2H,(H,5,6)(H,7,8);6H,1H2,2H3/b;2-1-;. The number of carbonyl (C=O) groups is 4. The van der Waals surface area contributed by atoms with E-state index in [2.05, 4.69) is 22.8 Å². The second-order valence-corrected chi connectivity index (χ2v) is 3.26. The third kappa shape index (κ3) is 28.0. The molecular weight excluding hydrogens is 316 g/mol. The maximum atomic E-state index is 10.1. The van der Waals surface area contributed by atoms with Crippen molar-refractivity contribution in [2.24, 2.45) is 0 Å². The molecule has 0 aliphatic carbocycles. The van der Waals surface area contributed by atoms with E-state index in [1.807, 2.05) is 0 Å². The Labute approximate surface area is 131 Å². The normalized spacial score (nSPS) is 8.48. The molecule has 0 amide bonds. The Morgan fingerprint density at radius 1 is 1.09 bits per heavy atom. The number of rotatable bonds is 6. The Balaban J connectivity index is -0.000000262. The fourth-order valence-electron chi connectivity index (χ4n) is 0.426. The monoisotopic (exact) mass is 334 g/mol. The second-order valence-electron chi connectivity index (χ2n) is 3.26. The van der Waals surface area contributed by atoms with Crippen LogP contribution in [0.15, 0.2) is 37.0 Å². The maximum absolute atomic E-state index is 10.1. The van der Waals surface area contributed by atoms with Crippen molar-refractivity contribution in [2.45, 2.75) is 6.92 Å². The molecule has 0 aliphatic rings. The first-order valence-corrected chi connectivity index (χ1v) is 5.67. The number of esters is 1. The molecule has 0 rings (SSSR count). The number of aliphatic carboxylic acids is 2. The summed E-state index contributed by atoms with van der Waals surface area (Å²) in [7, 11) is 0. The number of carboxylic acid groups (broad SMARTS) is 2. The molecule has 0 atom stereocenters. The molecule has 4 N–H and O–H groups in total. The molecule has 0 unspecified atom stereocenters. The average molecular weight is 334 g/mol. The van der Waals surface area contributed by atoms with Crippen molar-refractivity contribution < 1.29 is 49.4 Å². The highest BCUT2D eigenvalue weighted by atomic mass is 17.1. The van der Waals surface area contributed by atoms with Gasteiger partial charge in [0.15, 0.2) is 0 Å². The molecule has 0 fully saturated rings. The first-order valence-electron chi connectivity index (χ1n) is 5.67. The van der Waals surface area contributed by atoms with Crippen molar-refractivity contribution in [2.75, 3.05) is 13.2 Å². The first kappa shape index (κ1) is 25.0. The average Bonchev–Trinajstić information content (AvgIpc) is 2.50. The number of ether oxygens (including phenoxy) is 1. The lowest BCUT2D eigenvalue weighted by Gasteiger charge is -1.94. The van der Waals surface area contributed by atoms with Gasteiger partial charge in [-0.15, -0.1) is 0 Å². The Morgan fingerprint density at radius 3 is 1.70 bits per heavy atom. The zero-order valence-corrected chi connectivity index (χ0v) is 12.3. The molecule has 0 heterocycles. The lowest BCUT2D eigenvalue weighted by molar-refractivity contribution is -0.229. The maximum Gasteiger partial charge on any atom is 0.367 e. The lowest BCUT2D eigenvalue weighted by atomic mass is 10.4. The summed E-state index contributed by atoms with van der Waals surface area (Å²) in [5.41, 5.74) is 0.183. The Morgan fingerprint density at radius 2 is 1.52 bits per heavy atom. The molecule has 0 aromatic rings. The van der Waals surface area contributed by atoms with E-state index in [1.165, 1.54) is 6.92 Å². The molecule has 0 saturated heterocycles. The van der Waals surface area contributed by atoms with Crippen LogP contribution in [0.3, 0.4) is 0 Å². The van der Waals surface area contributed by atoms with Crippen LogP contribution in [-0.4, -0.2) is 57.7 Å². The van der Waals surface area contributed by atoms with Crippen LogP contribution in [0, 0.1) is 0 Å². The zero-order valence-electron chi connectivity index (χ0n) is 12.3. The summed E-state index contributed by atoms with van der Waals surface area (Å²) < 4.78 is 4.33. The molecule has 10 heteroatoms. The van der Waals surface area contributed by atoms with Gasteiger partial charge < -0.3 is 20.1 Å². The van der Waals surface area contributed by atoms with Gasteiger partial charge in [-0.05, 0) is 6.92 Å². The Hall–Kier alpha value is -2.98. The van der Waals surface area contributed by atoms with Crippen molar-refractivity contribution in [1.29, 1.82) is 0 Å². The summed E-state index contributed by atoms with van der Waals surface area (Å²) in [6, 6.07) is 0. The summed E-state index contributed by atoms with van der Waals surface area (Å²) in [4.78, 5) is 42.4. The number of aliphatic hydroxyl groups excluding tert-OH is 1. The number of hydrogen-bond donors (Lipinski definition) is 4. The van der Waals surface area contributed by atoms with Gasteiger partial charge in [-0.2, -0.15) is 5.26 Å². The number of hydrogen-bond acceptors (Lipinski definition) is 8. The van der Waals surface area contributed by atoms with Crippen LogP contribution in [0.1, 0.15) is 6.92 Å². The van der Waals surface area contributed by atoms with Crippen molar-refractivity contribution in [3.8, 4) is 0 Å². The summed E-state index contributed by atoms with van der Waals surface area (Å²) in [6.45, 7) is 7.70. The highest BCUT2D eigenvalue weighted by Gasteiger charge is 1.98. The van der Waals surface area contributed by atoms with Crippen molar-refractivity contribution in [3.63, 3.8) is 0 Å². The highest BCUT2D eigenvalue weighted by molar-refractivity contribution is 5.89. The Bertz CT molecular complexity index is 434. The van der Waals surface area contributed by atoms with Gasteiger partial charge in [0, 0.05) is 23.8 Å². The van der Waals surface area contributed by atoms with E-state index in [1.54, 1.807) is 0 Å². The highest BCUT2D eigenvalue weighted by Crippen LogP contribution is 1.86. The quantitative estimate of drug-likeness (QED) is 0.224. The first-order chi connectivity index (χ1) is 10.6. The van der Waals surface area contributed by atoms with E-state index in [0.717, 1.165) is 6.08 Å². The molecule has 23 heavy (non-hydrogen) atoms. The molecule has 130 valence electrons. The van der Waals surface area contributed by atoms with E-state index in [9.17, 15) is 19.2 Å². The second kappa shape index (κ2) is 17.1. The minimum absolute atomic E-state index is 0.0465. The molecule has 0 radical (unpaired) electrons. The van der Waals surface area contributed by atoms with Gasteiger partial charge in [-0.3, -0.25) is 4.89 Å². The molecule has 0 aromatic carbocycles. The SMILES string of the molecule is C=C(C)C(=O)OO.C=CC(=O)OCCO.O=C(O)/C=C\C(=O)O. The summed E-state index contributed by atoms with van der Waals surface area (Å²) in [5.74, 6) is -3.81. The van der Waals surface area contributed by atoms with E-state index in [-0.39, 0.29) is 18.8 Å². The van der Waals surface area contributed by atoms with Gasteiger partial charge >= 0.3 is 23.9 Å². The predicted octanol–water partition coefficient (Wildman–Crippen LogP) is -0.00160. The van der Waals surface area contributed by atoms with Crippen LogP contribution in [-0.2, 0) is 28.8 Å². The topological polar surface area (TPSA) is 168 Å². The van der Waals surface area contributed by atoms with Crippen LogP contribution in [0.5, 0.6) is 0 Å². The van der Waals surface area contributed by atoms with Gasteiger partial charge in [-0.25, -0.2) is 19.2 Å². The number of aliphatic hydroxyl groups is 1. The Kier molecular flexibility index (Phi) is 18.6. The summed E-state index contributed by atoms with van der Waals surface area (Å²) in [6.07, 6.45) is 2.17. The van der Waals surface area contributed by atoms with Gasteiger partial charge in [0.25, 0.3) is 0 Å². The lowest BCUT2D eigenvalue weighted by Crippen LogP contribution is -2.04. The van der Waals surface area contributed by atoms with Crippen LogP contribution >= 0.6 is 0 Å². The fraction of sp³-hybridized carbons (Fsp3) is 0.231. The molecule has 10 nitrogen and oxygen atoms in total. The van der Waals surface area contributed by atoms with Gasteiger partial charge in [0.1, 0.15) is 6.61 Å². The number of carboxylic acids is 2. The third-order valence-corrected chi connectivity index (χ3v) is 1.30. The molecule has 0 saturated carbocycles. The molecule has 0 bridgehead atoms. The fourth-order valence-corrected chi connectivity index (χ4v) is 0.426. The van der Waals surface area contributed by atoms with E-state index in [4.69, 9.17) is 20.6 Å². The molecule has 0 spiro atoms. The van der Waals surface area contributed by atoms with Gasteiger partial charge in [-0.1, -0.05) is 13.2 Å². The number of carbonyl (C=O) groups excluding carboxylic acids is 2.